The third-order valence-corrected chi connectivity index (χ3v) is 6.16. The van der Waals surface area contributed by atoms with Crippen molar-refractivity contribution < 1.29 is 4.79 Å². The SMILES string of the molecule is Nc1nccn2c(C3CCN(C(=O)c4ncn[nH]4)CC3)nc(-c3cc4ccccc4[nH]3)c12. The number of nitrogen functional groups attached to an aromatic ring is 1. The van der Waals surface area contributed by atoms with E-state index in [0.29, 0.717) is 18.9 Å². The standard InChI is InChI=1S/C22H21N9O/c23-19-18-17(16-11-14-3-1-2-4-15(14)27-16)28-21(31(18)10-7-24-19)13-5-8-30(9-6-13)22(32)20-25-12-26-29-20/h1-4,7,10-13,27H,5-6,8-9H2,(H2,23,24)(H,25,26,29). The van der Waals surface area contributed by atoms with Crippen LogP contribution in [-0.2, 0) is 0 Å². The van der Waals surface area contributed by atoms with Gasteiger partial charge in [0.2, 0.25) is 5.82 Å². The number of piperidine rings is 1. The molecule has 10 nitrogen and oxygen atoms in total. The number of aromatic nitrogens is 7. The van der Waals surface area contributed by atoms with Crippen molar-refractivity contribution in [2.75, 3.05) is 18.8 Å². The van der Waals surface area contributed by atoms with E-state index in [1.54, 1.807) is 11.1 Å². The predicted molar refractivity (Wildman–Crippen MR) is 119 cm³/mol. The molecule has 5 heterocycles. The maximum Gasteiger partial charge on any atom is 0.291 e. The Morgan fingerprint density at radius 1 is 1.16 bits per heavy atom. The number of nitrogens with zero attached hydrogens (tertiary/aromatic N) is 6. The molecule has 0 spiro atoms. The average molecular weight is 427 g/mol. The Kier molecular flexibility index (Phi) is 4.17. The highest BCUT2D eigenvalue weighted by Crippen LogP contribution is 2.35. The minimum atomic E-state index is -0.124. The molecular weight excluding hydrogens is 406 g/mol. The van der Waals surface area contributed by atoms with Gasteiger partial charge in [0.15, 0.2) is 0 Å². The van der Waals surface area contributed by atoms with E-state index in [4.69, 9.17) is 10.7 Å². The number of H-pyrrole nitrogens is 2. The molecule has 1 saturated heterocycles. The summed E-state index contributed by atoms with van der Waals surface area (Å²) in [6, 6.07) is 10.2. The minimum absolute atomic E-state index is 0.124. The number of hydrogen-bond donors (Lipinski definition) is 3. The summed E-state index contributed by atoms with van der Waals surface area (Å²) in [6.07, 6.45) is 6.55. The van der Waals surface area contributed by atoms with Crippen molar-refractivity contribution in [3.63, 3.8) is 0 Å². The summed E-state index contributed by atoms with van der Waals surface area (Å²) >= 11 is 0. The van der Waals surface area contributed by atoms with Crippen molar-refractivity contribution in [2.24, 2.45) is 0 Å². The van der Waals surface area contributed by atoms with E-state index in [2.05, 4.69) is 37.3 Å². The normalized spacial score (nSPS) is 15.1. The Hall–Kier alpha value is -4.21. The third-order valence-electron chi connectivity index (χ3n) is 6.16. The Morgan fingerprint density at radius 3 is 2.78 bits per heavy atom. The van der Waals surface area contributed by atoms with E-state index < -0.39 is 0 Å². The van der Waals surface area contributed by atoms with Crippen LogP contribution in [0.25, 0.3) is 27.8 Å². The van der Waals surface area contributed by atoms with Crippen LogP contribution in [0.1, 0.15) is 35.2 Å². The topological polar surface area (TPSA) is 134 Å². The molecule has 1 aromatic carbocycles. The second-order valence-electron chi connectivity index (χ2n) is 8.02. The number of para-hydroxylation sites is 1. The van der Waals surface area contributed by atoms with Gasteiger partial charge < -0.3 is 15.6 Å². The van der Waals surface area contributed by atoms with Crippen LogP contribution < -0.4 is 5.73 Å². The number of nitrogens with two attached hydrogens (primary N) is 1. The summed E-state index contributed by atoms with van der Waals surface area (Å²) < 4.78 is 2.04. The summed E-state index contributed by atoms with van der Waals surface area (Å²) in [5, 5.41) is 7.54. The van der Waals surface area contributed by atoms with Gasteiger partial charge in [-0.3, -0.25) is 14.3 Å². The molecule has 0 aliphatic carbocycles. The largest absolute Gasteiger partial charge is 0.382 e. The molecule has 1 amide bonds. The second-order valence-corrected chi connectivity index (χ2v) is 8.02. The van der Waals surface area contributed by atoms with E-state index >= 15 is 0 Å². The molecule has 6 rings (SSSR count). The number of carbonyl (C=O) groups excluding carboxylic acids is 1. The molecule has 1 aliphatic rings. The van der Waals surface area contributed by atoms with Crippen LogP contribution in [-0.4, -0.2) is 58.4 Å². The van der Waals surface area contributed by atoms with Gasteiger partial charge in [0.05, 0.1) is 5.69 Å². The Balaban J connectivity index is 1.35. The van der Waals surface area contributed by atoms with Crippen molar-refractivity contribution >= 4 is 28.1 Å². The van der Waals surface area contributed by atoms with Crippen molar-refractivity contribution in [1.29, 1.82) is 0 Å². The van der Waals surface area contributed by atoms with Crippen LogP contribution >= 0.6 is 0 Å². The van der Waals surface area contributed by atoms with Crippen LogP contribution in [0.3, 0.4) is 0 Å². The molecule has 0 bridgehead atoms. The number of benzene rings is 1. The highest BCUT2D eigenvalue weighted by atomic mass is 16.2. The van der Waals surface area contributed by atoms with Crippen molar-refractivity contribution in [2.45, 2.75) is 18.8 Å². The lowest BCUT2D eigenvalue weighted by Gasteiger charge is -2.30. The predicted octanol–water partition coefficient (Wildman–Crippen LogP) is 2.60. The number of fused-ring (bicyclic) bond motifs is 2. The van der Waals surface area contributed by atoms with E-state index in [9.17, 15) is 4.79 Å². The lowest BCUT2D eigenvalue weighted by atomic mass is 9.96. The van der Waals surface area contributed by atoms with E-state index in [1.165, 1.54) is 6.33 Å². The van der Waals surface area contributed by atoms with Crippen LogP contribution in [0.15, 0.2) is 49.1 Å². The molecular formula is C22H21N9O. The number of carbonyl (C=O) groups is 1. The summed E-state index contributed by atoms with van der Waals surface area (Å²) in [5.41, 5.74) is 9.84. The van der Waals surface area contributed by atoms with E-state index in [0.717, 1.165) is 46.5 Å². The molecule has 4 aromatic heterocycles. The highest BCUT2D eigenvalue weighted by molar-refractivity contribution is 5.91. The molecule has 160 valence electrons. The van der Waals surface area contributed by atoms with Gasteiger partial charge >= 0.3 is 0 Å². The molecule has 10 heteroatoms. The molecule has 5 aromatic rings. The minimum Gasteiger partial charge on any atom is -0.382 e. The molecule has 4 N–H and O–H groups in total. The first-order chi connectivity index (χ1) is 15.7. The molecule has 32 heavy (non-hydrogen) atoms. The summed E-state index contributed by atoms with van der Waals surface area (Å²) in [6.45, 7) is 1.25. The van der Waals surface area contributed by atoms with Gasteiger partial charge in [-0.2, -0.15) is 5.10 Å². The molecule has 0 saturated carbocycles. The Bertz CT molecular complexity index is 1390. The fourth-order valence-electron chi connectivity index (χ4n) is 4.56. The van der Waals surface area contributed by atoms with Gasteiger partial charge in [-0.15, -0.1) is 0 Å². The number of anilines is 1. The number of imidazole rings is 1. The van der Waals surface area contributed by atoms with E-state index in [-0.39, 0.29) is 17.6 Å². The van der Waals surface area contributed by atoms with Gasteiger partial charge in [0, 0.05) is 42.3 Å². The summed E-state index contributed by atoms with van der Waals surface area (Å²) in [4.78, 5) is 31.2. The molecule has 0 atom stereocenters. The first-order valence-corrected chi connectivity index (χ1v) is 10.5. The van der Waals surface area contributed by atoms with Crippen LogP contribution in [0.4, 0.5) is 5.82 Å². The van der Waals surface area contributed by atoms with E-state index in [1.807, 2.05) is 28.8 Å². The average Bonchev–Trinajstić information content (AvgIpc) is 3.57. The first-order valence-electron chi connectivity index (χ1n) is 10.5. The van der Waals surface area contributed by atoms with Gasteiger partial charge in [0.25, 0.3) is 5.91 Å². The number of aromatic amines is 2. The van der Waals surface area contributed by atoms with Crippen LogP contribution in [0.5, 0.6) is 0 Å². The molecule has 1 aliphatic heterocycles. The molecule has 1 fully saturated rings. The number of likely N-dealkylation sites (tertiary alicyclic amines) is 1. The smallest absolute Gasteiger partial charge is 0.291 e. The van der Waals surface area contributed by atoms with Crippen LogP contribution in [0.2, 0.25) is 0 Å². The van der Waals surface area contributed by atoms with Crippen molar-refractivity contribution in [3.05, 3.63) is 60.7 Å². The van der Waals surface area contributed by atoms with Gasteiger partial charge in [-0.25, -0.2) is 15.0 Å². The maximum absolute atomic E-state index is 12.6. The van der Waals surface area contributed by atoms with Gasteiger partial charge in [-0.05, 0) is 25.0 Å². The quantitative estimate of drug-likeness (QED) is 0.405. The van der Waals surface area contributed by atoms with Crippen LogP contribution in [0, 0.1) is 0 Å². The first kappa shape index (κ1) is 18.6. The van der Waals surface area contributed by atoms with Crippen molar-refractivity contribution in [1.82, 2.24) is 39.4 Å². The second kappa shape index (κ2) is 7.19. The number of hydrogen-bond acceptors (Lipinski definition) is 6. The number of rotatable bonds is 3. The Morgan fingerprint density at radius 2 is 2.00 bits per heavy atom. The molecule has 0 unspecified atom stereocenters. The summed E-state index contributed by atoms with van der Waals surface area (Å²) in [5.74, 6) is 1.73. The molecule has 0 radical (unpaired) electrons. The Labute approximate surface area is 182 Å². The zero-order valence-corrected chi connectivity index (χ0v) is 17.2. The number of nitrogens with one attached hydrogen (secondary N) is 2. The van der Waals surface area contributed by atoms with Crippen molar-refractivity contribution in [3.8, 4) is 11.4 Å². The lowest BCUT2D eigenvalue weighted by molar-refractivity contribution is 0.0699. The third kappa shape index (κ3) is 2.91. The fraction of sp³-hybridized carbons (Fsp3) is 0.227. The van der Waals surface area contributed by atoms with Gasteiger partial charge in [-0.1, -0.05) is 18.2 Å². The zero-order chi connectivity index (χ0) is 21.7. The highest BCUT2D eigenvalue weighted by Gasteiger charge is 2.29. The van der Waals surface area contributed by atoms with Gasteiger partial charge in [0.1, 0.15) is 29.2 Å². The zero-order valence-electron chi connectivity index (χ0n) is 17.2. The monoisotopic (exact) mass is 427 g/mol. The fourth-order valence-corrected chi connectivity index (χ4v) is 4.56. The number of amides is 1. The summed E-state index contributed by atoms with van der Waals surface area (Å²) in [7, 11) is 0. The maximum atomic E-state index is 12.6. The lowest BCUT2D eigenvalue weighted by Crippen LogP contribution is -2.38.